The summed E-state index contributed by atoms with van der Waals surface area (Å²) in [5.74, 6) is -0.467. The monoisotopic (exact) mass is 355 g/mol. The fourth-order valence-corrected chi connectivity index (χ4v) is 2.47. The lowest BCUT2D eigenvalue weighted by molar-refractivity contribution is 0.403. The number of hydrogen-bond acceptors (Lipinski definition) is 5. The fourth-order valence-electron chi connectivity index (χ4n) is 2.47. The minimum atomic E-state index is -0.135. The lowest BCUT2D eigenvalue weighted by Crippen LogP contribution is -1.86. The first-order valence-corrected chi connectivity index (χ1v) is 8.76. The van der Waals surface area contributed by atoms with Crippen LogP contribution in [-0.2, 0) is 0 Å². The summed E-state index contributed by atoms with van der Waals surface area (Å²) in [5, 5.41) is 37.3. The van der Waals surface area contributed by atoms with Crippen LogP contribution in [0.3, 0.4) is 0 Å². The van der Waals surface area contributed by atoms with Gasteiger partial charge in [-0.05, 0) is 60.7 Å². The van der Waals surface area contributed by atoms with Gasteiger partial charge in [0.05, 0.1) is 0 Å². The Morgan fingerprint density at radius 3 is 2.00 bits per heavy atom. The summed E-state index contributed by atoms with van der Waals surface area (Å²) < 4.78 is 0. The average Bonchev–Trinajstić information content (AvgIpc) is 2.62. The van der Waals surface area contributed by atoms with E-state index in [2.05, 4.69) is 11.1 Å². The second kappa shape index (κ2) is 10.1. The molecule has 2 aromatic carbocycles. The average molecular weight is 355 g/mol. The molecule has 0 atom stereocenters. The summed E-state index contributed by atoms with van der Waals surface area (Å²) in [4.78, 5) is 4.33. The SMILES string of the molecule is Oc1ccc(C=NCCCCCC/C=C/c2ccc(O)c(O)c2)cc1O. The minimum absolute atomic E-state index is 0.102. The van der Waals surface area contributed by atoms with Crippen molar-refractivity contribution in [3.05, 3.63) is 53.6 Å². The number of nitrogens with zero attached hydrogens (tertiary/aromatic N) is 1. The van der Waals surface area contributed by atoms with Crippen LogP contribution in [0.2, 0.25) is 0 Å². The number of rotatable bonds is 9. The van der Waals surface area contributed by atoms with Gasteiger partial charge in [-0.25, -0.2) is 0 Å². The van der Waals surface area contributed by atoms with Crippen LogP contribution in [-0.4, -0.2) is 33.2 Å². The van der Waals surface area contributed by atoms with Crippen molar-refractivity contribution in [1.29, 1.82) is 0 Å². The van der Waals surface area contributed by atoms with E-state index in [0.29, 0.717) is 0 Å². The molecule has 0 amide bonds. The van der Waals surface area contributed by atoms with Gasteiger partial charge in [-0.1, -0.05) is 31.1 Å². The summed E-state index contributed by atoms with van der Waals surface area (Å²) in [6, 6.07) is 9.42. The van der Waals surface area contributed by atoms with E-state index in [1.165, 1.54) is 24.3 Å². The highest BCUT2D eigenvalue weighted by molar-refractivity contribution is 5.80. The first-order valence-electron chi connectivity index (χ1n) is 8.76. The van der Waals surface area contributed by atoms with Gasteiger partial charge in [-0.2, -0.15) is 0 Å². The molecule has 0 aliphatic carbocycles. The largest absolute Gasteiger partial charge is 0.504 e. The van der Waals surface area contributed by atoms with Crippen molar-refractivity contribution in [2.45, 2.75) is 32.1 Å². The first-order chi connectivity index (χ1) is 12.6. The van der Waals surface area contributed by atoms with Crippen LogP contribution in [0, 0.1) is 0 Å². The minimum Gasteiger partial charge on any atom is -0.504 e. The van der Waals surface area contributed by atoms with Crippen molar-refractivity contribution in [3.63, 3.8) is 0 Å². The van der Waals surface area contributed by atoms with Gasteiger partial charge < -0.3 is 20.4 Å². The van der Waals surface area contributed by atoms with Crippen molar-refractivity contribution in [2.75, 3.05) is 6.54 Å². The van der Waals surface area contributed by atoms with Gasteiger partial charge in [0.2, 0.25) is 0 Å². The number of allylic oxidation sites excluding steroid dienone is 1. The Hall–Kier alpha value is -2.95. The van der Waals surface area contributed by atoms with Crippen molar-refractivity contribution in [3.8, 4) is 23.0 Å². The highest BCUT2D eigenvalue weighted by Gasteiger charge is 1.98. The molecule has 0 aromatic heterocycles. The number of benzene rings is 2. The van der Waals surface area contributed by atoms with E-state index in [0.717, 1.165) is 49.8 Å². The van der Waals surface area contributed by atoms with Gasteiger partial charge >= 0.3 is 0 Å². The Balaban J connectivity index is 1.56. The van der Waals surface area contributed by atoms with Gasteiger partial charge in [0.25, 0.3) is 0 Å². The van der Waals surface area contributed by atoms with Gasteiger partial charge in [-0.3, -0.25) is 4.99 Å². The fraction of sp³-hybridized carbons (Fsp3) is 0.286. The highest BCUT2D eigenvalue weighted by Crippen LogP contribution is 2.25. The lowest BCUT2D eigenvalue weighted by atomic mass is 10.1. The van der Waals surface area contributed by atoms with Crippen molar-refractivity contribution in [2.24, 2.45) is 4.99 Å². The van der Waals surface area contributed by atoms with Crippen LogP contribution < -0.4 is 0 Å². The van der Waals surface area contributed by atoms with Crippen LogP contribution in [0.25, 0.3) is 6.08 Å². The van der Waals surface area contributed by atoms with Crippen molar-refractivity contribution in [1.82, 2.24) is 0 Å². The van der Waals surface area contributed by atoms with E-state index in [-0.39, 0.29) is 23.0 Å². The predicted molar refractivity (Wildman–Crippen MR) is 104 cm³/mol. The van der Waals surface area contributed by atoms with Crippen LogP contribution in [0.15, 0.2) is 47.5 Å². The topological polar surface area (TPSA) is 93.3 Å². The van der Waals surface area contributed by atoms with Crippen LogP contribution >= 0.6 is 0 Å². The van der Waals surface area contributed by atoms with E-state index >= 15 is 0 Å². The zero-order chi connectivity index (χ0) is 18.8. The molecular weight excluding hydrogens is 330 g/mol. The molecule has 2 rings (SSSR count). The molecule has 0 aliphatic heterocycles. The molecule has 5 heteroatoms. The molecule has 0 aliphatic rings. The van der Waals surface area contributed by atoms with E-state index < -0.39 is 0 Å². The van der Waals surface area contributed by atoms with Crippen molar-refractivity contribution >= 4 is 12.3 Å². The smallest absolute Gasteiger partial charge is 0.158 e. The second-order valence-corrected chi connectivity index (χ2v) is 6.14. The Kier molecular flexibility index (Phi) is 7.55. The third kappa shape index (κ3) is 6.51. The normalized spacial score (nSPS) is 11.5. The number of aliphatic imine (C=N–C) groups is 1. The van der Waals surface area contributed by atoms with Crippen molar-refractivity contribution < 1.29 is 20.4 Å². The molecule has 2 aromatic rings. The predicted octanol–water partition coefficient (Wildman–Crippen LogP) is 4.59. The van der Waals surface area contributed by atoms with E-state index in [1.54, 1.807) is 18.3 Å². The zero-order valence-electron chi connectivity index (χ0n) is 14.7. The van der Waals surface area contributed by atoms with Gasteiger partial charge in [-0.15, -0.1) is 0 Å². The molecule has 0 unspecified atom stereocenters. The number of unbranched alkanes of at least 4 members (excludes halogenated alkanes) is 4. The number of aromatic hydroxyl groups is 4. The van der Waals surface area contributed by atoms with E-state index in [4.69, 9.17) is 0 Å². The summed E-state index contributed by atoms with van der Waals surface area (Å²) in [6.07, 6.45) is 11.0. The molecule has 0 saturated heterocycles. The van der Waals surface area contributed by atoms with Crippen LogP contribution in [0.4, 0.5) is 0 Å². The Morgan fingerprint density at radius 1 is 0.692 bits per heavy atom. The molecule has 0 saturated carbocycles. The standard InChI is InChI=1S/C21H25NO4/c23-18-10-8-16(13-20(18)25)7-5-3-1-2-4-6-12-22-15-17-9-11-19(24)21(26)14-17/h5,7-11,13-15,23-26H,1-4,6,12H2/b7-5+,22-15?. The number of hydrogen-bond donors (Lipinski definition) is 4. The quantitative estimate of drug-likeness (QED) is 0.301. The number of phenols is 4. The molecular formula is C21H25NO4. The number of phenolic OH excluding ortho intramolecular Hbond substituents is 4. The Morgan fingerprint density at radius 2 is 1.31 bits per heavy atom. The van der Waals surface area contributed by atoms with E-state index in [1.807, 2.05) is 6.08 Å². The van der Waals surface area contributed by atoms with Crippen LogP contribution in [0.5, 0.6) is 23.0 Å². The molecule has 0 spiro atoms. The van der Waals surface area contributed by atoms with Gasteiger partial charge in [0.15, 0.2) is 23.0 Å². The van der Waals surface area contributed by atoms with Crippen LogP contribution in [0.1, 0.15) is 43.2 Å². The highest BCUT2D eigenvalue weighted by atomic mass is 16.3. The zero-order valence-corrected chi connectivity index (χ0v) is 14.7. The molecule has 4 N–H and O–H groups in total. The Labute approximate surface area is 153 Å². The molecule has 26 heavy (non-hydrogen) atoms. The summed E-state index contributed by atoms with van der Waals surface area (Å²) in [7, 11) is 0. The lowest BCUT2D eigenvalue weighted by Gasteiger charge is -2.00. The summed E-state index contributed by atoms with van der Waals surface area (Å²) in [5.41, 5.74) is 1.64. The third-order valence-corrected chi connectivity index (χ3v) is 3.96. The maximum absolute atomic E-state index is 9.42. The molecule has 138 valence electrons. The third-order valence-electron chi connectivity index (χ3n) is 3.96. The molecule has 5 nitrogen and oxygen atoms in total. The summed E-state index contributed by atoms with van der Waals surface area (Å²) in [6.45, 7) is 0.740. The molecule has 0 fully saturated rings. The van der Waals surface area contributed by atoms with E-state index in [9.17, 15) is 20.4 Å². The maximum Gasteiger partial charge on any atom is 0.158 e. The first kappa shape index (κ1) is 19.4. The Bertz CT molecular complexity index is 703. The molecule has 0 bridgehead atoms. The molecule has 0 heterocycles. The second-order valence-electron chi connectivity index (χ2n) is 6.14. The summed E-state index contributed by atoms with van der Waals surface area (Å²) >= 11 is 0. The molecule has 0 radical (unpaired) electrons. The van der Waals surface area contributed by atoms with Gasteiger partial charge in [0.1, 0.15) is 0 Å². The maximum atomic E-state index is 9.42. The van der Waals surface area contributed by atoms with Gasteiger partial charge in [0, 0.05) is 12.8 Å².